The van der Waals surface area contributed by atoms with Gasteiger partial charge in [0.25, 0.3) is 5.91 Å². The number of carbonyl (C=O) groups is 3. The van der Waals surface area contributed by atoms with Crippen LogP contribution in [0.25, 0.3) is 16.8 Å². The lowest BCUT2D eigenvalue weighted by molar-refractivity contribution is -0.123. The van der Waals surface area contributed by atoms with E-state index in [2.05, 4.69) is 16.2 Å². The molecule has 0 radical (unpaired) electrons. The first-order chi connectivity index (χ1) is 17.0. The molecular formula is C26H25N3O5S. The second-order valence-electron chi connectivity index (χ2n) is 7.34. The molecule has 3 aromatic rings. The van der Waals surface area contributed by atoms with Gasteiger partial charge in [-0.25, -0.2) is 4.79 Å². The van der Waals surface area contributed by atoms with Crippen LogP contribution in [0, 0.1) is 0 Å². The van der Waals surface area contributed by atoms with Gasteiger partial charge >= 0.3 is 5.97 Å². The molecule has 2 amide bonds. The quantitative estimate of drug-likeness (QED) is 0.192. The van der Waals surface area contributed by atoms with E-state index in [9.17, 15) is 14.4 Å². The van der Waals surface area contributed by atoms with Crippen LogP contribution in [0.5, 0.6) is 5.75 Å². The van der Waals surface area contributed by atoms with Crippen LogP contribution >= 0.6 is 12.2 Å². The van der Waals surface area contributed by atoms with Gasteiger partial charge in [0, 0.05) is 6.08 Å². The number of esters is 1. The molecule has 0 aliphatic carbocycles. The van der Waals surface area contributed by atoms with E-state index in [1.165, 1.54) is 6.08 Å². The second-order valence-corrected chi connectivity index (χ2v) is 7.75. The molecule has 0 saturated carbocycles. The highest BCUT2D eigenvalue weighted by Crippen LogP contribution is 2.19. The minimum atomic E-state index is -0.515. The van der Waals surface area contributed by atoms with E-state index >= 15 is 0 Å². The SMILES string of the molecule is CCCOC(=O)c1ccc(OCC(=O)NNC(=S)NC(=O)C=Cc2cccc3ccccc23)cc1. The lowest BCUT2D eigenvalue weighted by Crippen LogP contribution is -2.49. The highest BCUT2D eigenvalue weighted by Gasteiger charge is 2.08. The van der Waals surface area contributed by atoms with Crippen LogP contribution in [-0.2, 0) is 14.3 Å². The van der Waals surface area contributed by atoms with Crippen LogP contribution in [0.2, 0.25) is 0 Å². The molecular weight excluding hydrogens is 466 g/mol. The van der Waals surface area contributed by atoms with Crippen LogP contribution in [0.1, 0.15) is 29.3 Å². The second kappa shape index (κ2) is 12.9. The summed E-state index contributed by atoms with van der Waals surface area (Å²) in [5.41, 5.74) is 6.08. The summed E-state index contributed by atoms with van der Waals surface area (Å²) in [7, 11) is 0. The first-order valence-corrected chi connectivity index (χ1v) is 11.3. The van der Waals surface area contributed by atoms with Crippen molar-refractivity contribution in [1.82, 2.24) is 16.2 Å². The van der Waals surface area contributed by atoms with Crippen LogP contribution in [0.15, 0.2) is 72.8 Å². The molecule has 180 valence electrons. The molecule has 0 aliphatic heterocycles. The van der Waals surface area contributed by atoms with Gasteiger partial charge in [-0.05, 0) is 65.3 Å². The Bertz CT molecular complexity index is 1240. The fraction of sp³-hybridized carbons (Fsp3) is 0.154. The molecule has 9 heteroatoms. The zero-order valence-electron chi connectivity index (χ0n) is 19.1. The number of carbonyl (C=O) groups excluding carboxylic acids is 3. The number of hydrogen-bond acceptors (Lipinski definition) is 6. The molecule has 0 unspecified atom stereocenters. The maximum Gasteiger partial charge on any atom is 0.338 e. The Morgan fingerprint density at radius 2 is 1.69 bits per heavy atom. The van der Waals surface area contributed by atoms with E-state index in [0.717, 1.165) is 22.8 Å². The summed E-state index contributed by atoms with van der Waals surface area (Å²) in [6.45, 7) is 1.96. The van der Waals surface area contributed by atoms with Crippen molar-refractivity contribution in [3.63, 3.8) is 0 Å². The zero-order valence-corrected chi connectivity index (χ0v) is 19.9. The van der Waals surface area contributed by atoms with E-state index in [1.807, 2.05) is 49.4 Å². The zero-order chi connectivity index (χ0) is 25.0. The van der Waals surface area contributed by atoms with Gasteiger partial charge in [0.1, 0.15) is 5.75 Å². The van der Waals surface area contributed by atoms with Crippen molar-refractivity contribution in [2.75, 3.05) is 13.2 Å². The van der Waals surface area contributed by atoms with Gasteiger partial charge in [-0.2, -0.15) is 0 Å². The van der Waals surface area contributed by atoms with E-state index in [0.29, 0.717) is 17.9 Å². The summed E-state index contributed by atoms with van der Waals surface area (Å²) in [4.78, 5) is 35.9. The first kappa shape index (κ1) is 25.4. The number of hydrazine groups is 1. The molecule has 8 nitrogen and oxygen atoms in total. The highest BCUT2D eigenvalue weighted by molar-refractivity contribution is 7.80. The number of ether oxygens (including phenoxy) is 2. The van der Waals surface area contributed by atoms with Gasteiger partial charge in [0.05, 0.1) is 12.2 Å². The van der Waals surface area contributed by atoms with Crippen molar-refractivity contribution in [2.45, 2.75) is 13.3 Å². The minimum Gasteiger partial charge on any atom is -0.484 e. The highest BCUT2D eigenvalue weighted by atomic mass is 32.1. The summed E-state index contributed by atoms with van der Waals surface area (Å²) < 4.78 is 10.4. The standard InChI is InChI=1S/C26H25N3O5S/c1-2-16-33-25(32)20-10-13-21(14-11-20)34-17-24(31)28-29-26(35)27-23(30)15-12-19-8-5-7-18-6-3-4-9-22(18)19/h3-15H,2,16-17H2,1H3,(H,28,31)(H2,27,29,30,35). The fourth-order valence-corrected chi connectivity index (χ4v) is 3.17. The number of amides is 2. The molecule has 0 atom stereocenters. The third-order valence-corrected chi connectivity index (χ3v) is 4.89. The molecule has 0 aliphatic rings. The number of benzene rings is 3. The van der Waals surface area contributed by atoms with E-state index < -0.39 is 17.8 Å². The van der Waals surface area contributed by atoms with Gasteiger partial charge in [-0.3, -0.25) is 25.8 Å². The molecule has 0 saturated heterocycles. The third kappa shape index (κ3) is 7.94. The molecule has 0 aromatic heterocycles. The Kier molecular flexibility index (Phi) is 9.32. The molecule has 35 heavy (non-hydrogen) atoms. The lowest BCUT2D eigenvalue weighted by atomic mass is 10.0. The first-order valence-electron chi connectivity index (χ1n) is 10.9. The third-order valence-electron chi connectivity index (χ3n) is 4.69. The monoisotopic (exact) mass is 491 g/mol. The number of fused-ring (bicyclic) bond motifs is 1. The predicted octanol–water partition coefficient (Wildman–Crippen LogP) is 3.52. The number of rotatable bonds is 8. The summed E-state index contributed by atoms with van der Waals surface area (Å²) in [6.07, 6.45) is 3.80. The summed E-state index contributed by atoms with van der Waals surface area (Å²) in [6, 6.07) is 19.9. The molecule has 3 rings (SSSR count). The van der Waals surface area contributed by atoms with Crippen molar-refractivity contribution in [1.29, 1.82) is 0 Å². The average Bonchev–Trinajstić information content (AvgIpc) is 2.88. The molecule has 0 fully saturated rings. The van der Waals surface area contributed by atoms with E-state index in [1.54, 1.807) is 30.3 Å². The van der Waals surface area contributed by atoms with Gasteiger partial charge in [-0.15, -0.1) is 0 Å². The smallest absolute Gasteiger partial charge is 0.338 e. The Balaban J connectivity index is 1.40. The summed E-state index contributed by atoms with van der Waals surface area (Å²) in [5.74, 6) is -0.970. The maximum atomic E-state index is 12.2. The summed E-state index contributed by atoms with van der Waals surface area (Å²) >= 11 is 5.03. The van der Waals surface area contributed by atoms with Crippen molar-refractivity contribution in [3.8, 4) is 5.75 Å². The van der Waals surface area contributed by atoms with Crippen molar-refractivity contribution < 1.29 is 23.9 Å². The average molecular weight is 492 g/mol. The van der Waals surface area contributed by atoms with E-state index in [-0.39, 0.29) is 11.7 Å². The van der Waals surface area contributed by atoms with Crippen LogP contribution in [-0.4, -0.2) is 36.1 Å². The molecule has 3 aromatic carbocycles. The van der Waals surface area contributed by atoms with Crippen molar-refractivity contribution >= 4 is 52.0 Å². The van der Waals surface area contributed by atoms with Gasteiger partial charge in [0.2, 0.25) is 5.91 Å². The molecule has 0 bridgehead atoms. The number of hydrogen-bond donors (Lipinski definition) is 3. The van der Waals surface area contributed by atoms with Gasteiger partial charge in [0.15, 0.2) is 11.7 Å². The van der Waals surface area contributed by atoms with Crippen molar-refractivity contribution in [2.24, 2.45) is 0 Å². The van der Waals surface area contributed by atoms with Crippen molar-refractivity contribution in [3.05, 3.63) is 83.9 Å². The van der Waals surface area contributed by atoms with Gasteiger partial charge < -0.3 is 9.47 Å². The summed E-state index contributed by atoms with van der Waals surface area (Å²) in [5, 5.41) is 4.48. The molecule has 0 heterocycles. The Labute approximate surface area is 208 Å². The Hall–Kier alpha value is -4.24. The Morgan fingerprint density at radius 3 is 2.46 bits per heavy atom. The Morgan fingerprint density at radius 1 is 0.943 bits per heavy atom. The lowest BCUT2D eigenvalue weighted by Gasteiger charge is -2.11. The molecule has 3 N–H and O–H groups in total. The van der Waals surface area contributed by atoms with Crippen LogP contribution in [0.3, 0.4) is 0 Å². The number of thiocarbonyl (C=S) groups is 1. The normalized spacial score (nSPS) is 10.5. The minimum absolute atomic E-state index is 0.0686. The maximum absolute atomic E-state index is 12.2. The fourth-order valence-electron chi connectivity index (χ4n) is 3.02. The van der Waals surface area contributed by atoms with Crippen LogP contribution in [0.4, 0.5) is 0 Å². The topological polar surface area (TPSA) is 106 Å². The molecule has 0 spiro atoms. The van der Waals surface area contributed by atoms with Crippen LogP contribution < -0.4 is 20.9 Å². The predicted molar refractivity (Wildman–Crippen MR) is 138 cm³/mol. The van der Waals surface area contributed by atoms with Gasteiger partial charge in [-0.1, -0.05) is 49.4 Å². The largest absolute Gasteiger partial charge is 0.484 e. The van der Waals surface area contributed by atoms with E-state index in [4.69, 9.17) is 21.7 Å². The number of nitrogens with one attached hydrogen (secondary N) is 3.